The summed E-state index contributed by atoms with van der Waals surface area (Å²) >= 11 is 6.01. The van der Waals surface area contributed by atoms with Gasteiger partial charge in [0.05, 0.1) is 0 Å². The van der Waals surface area contributed by atoms with Crippen LogP contribution >= 0.6 is 11.6 Å². The molecule has 3 rings (SSSR count). The van der Waals surface area contributed by atoms with Crippen molar-refractivity contribution >= 4 is 29.1 Å². The van der Waals surface area contributed by atoms with Crippen LogP contribution in [0.2, 0.25) is 5.02 Å². The molecular formula is C20H20ClFN2O2. The summed E-state index contributed by atoms with van der Waals surface area (Å²) in [7, 11) is 1.61. The topological polar surface area (TPSA) is 49.4 Å². The summed E-state index contributed by atoms with van der Waals surface area (Å²) in [5.74, 6) is -0.869. The second kappa shape index (κ2) is 7.87. The molecule has 0 saturated carbocycles. The van der Waals surface area contributed by atoms with Gasteiger partial charge in [0.15, 0.2) is 0 Å². The minimum atomic E-state index is -0.430. The van der Waals surface area contributed by atoms with E-state index >= 15 is 0 Å². The number of amides is 2. The summed E-state index contributed by atoms with van der Waals surface area (Å²) < 4.78 is 13.9. The third-order valence-electron chi connectivity index (χ3n) is 4.70. The Balaban J connectivity index is 1.58. The highest BCUT2D eigenvalue weighted by Crippen LogP contribution is 2.28. The van der Waals surface area contributed by atoms with Crippen molar-refractivity contribution in [2.75, 3.05) is 12.4 Å². The minimum Gasteiger partial charge on any atom is -0.341 e. The molecule has 1 aliphatic rings. The standard InChI is InChI=1S/C20H20ClFN2O2/c1-24(12-15-16(21)6-4-7-17(15)22)19(25)10-9-14-11-13-5-2-3-8-18(13)23-20(14)26/h2-8,14H,9-12H2,1H3,(H,23,26)/t14-/m0/s1. The molecule has 2 aromatic carbocycles. The third kappa shape index (κ3) is 4.05. The van der Waals surface area contributed by atoms with Crippen LogP contribution in [-0.4, -0.2) is 23.8 Å². The number of halogens is 2. The molecule has 26 heavy (non-hydrogen) atoms. The maximum absolute atomic E-state index is 13.9. The molecule has 0 unspecified atom stereocenters. The number of nitrogens with one attached hydrogen (secondary N) is 1. The van der Waals surface area contributed by atoms with Crippen LogP contribution in [0.4, 0.5) is 10.1 Å². The zero-order valence-corrected chi connectivity index (χ0v) is 15.2. The smallest absolute Gasteiger partial charge is 0.227 e. The average molecular weight is 375 g/mol. The Morgan fingerprint density at radius 2 is 2.04 bits per heavy atom. The van der Waals surface area contributed by atoms with Gasteiger partial charge in [-0.3, -0.25) is 9.59 Å². The number of hydrogen-bond donors (Lipinski definition) is 1. The van der Waals surface area contributed by atoms with Gasteiger partial charge < -0.3 is 10.2 Å². The fraction of sp³-hybridized carbons (Fsp3) is 0.300. The maximum atomic E-state index is 13.9. The number of hydrogen-bond acceptors (Lipinski definition) is 2. The van der Waals surface area contributed by atoms with Crippen molar-refractivity contribution < 1.29 is 14.0 Å². The Labute approximate surface area is 157 Å². The van der Waals surface area contributed by atoms with Crippen LogP contribution in [-0.2, 0) is 22.6 Å². The first-order valence-electron chi connectivity index (χ1n) is 8.51. The Bertz CT molecular complexity index is 820. The molecule has 2 aromatic rings. The molecule has 1 atom stereocenters. The van der Waals surface area contributed by atoms with Gasteiger partial charge in [-0.15, -0.1) is 0 Å². The van der Waals surface area contributed by atoms with Gasteiger partial charge in [0.2, 0.25) is 11.8 Å². The average Bonchev–Trinajstić information content (AvgIpc) is 2.62. The van der Waals surface area contributed by atoms with Crippen molar-refractivity contribution in [1.82, 2.24) is 4.90 Å². The van der Waals surface area contributed by atoms with E-state index in [2.05, 4.69) is 5.32 Å². The number of carbonyl (C=O) groups is 2. The molecule has 0 saturated heterocycles. The number of benzene rings is 2. The van der Waals surface area contributed by atoms with Gasteiger partial charge in [-0.2, -0.15) is 0 Å². The van der Waals surface area contributed by atoms with E-state index in [4.69, 9.17) is 11.6 Å². The van der Waals surface area contributed by atoms with Crippen LogP contribution in [0.5, 0.6) is 0 Å². The molecule has 0 fully saturated rings. The maximum Gasteiger partial charge on any atom is 0.227 e. The van der Waals surface area contributed by atoms with Gasteiger partial charge in [-0.25, -0.2) is 4.39 Å². The number of carbonyl (C=O) groups excluding carboxylic acids is 2. The van der Waals surface area contributed by atoms with Crippen molar-refractivity contribution in [2.45, 2.75) is 25.8 Å². The van der Waals surface area contributed by atoms with E-state index in [-0.39, 0.29) is 30.7 Å². The number of fused-ring (bicyclic) bond motifs is 1. The lowest BCUT2D eigenvalue weighted by atomic mass is 9.89. The number of rotatable bonds is 5. The molecule has 0 aromatic heterocycles. The predicted molar refractivity (Wildman–Crippen MR) is 99.4 cm³/mol. The van der Waals surface area contributed by atoms with Crippen molar-refractivity contribution in [2.24, 2.45) is 5.92 Å². The van der Waals surface area contributed by atoms with E-state index in [0.717, 1.165) is 11.3 Å². The molecule has 6 heteroatoms. The molecule has 0 aliphatic carbocycles. The van der Waals surface area contributed by atoms with Gasteiger partial charge in [0, 0.05) is 42.2 Å². The number of anilines is 1. The molecular weight excluding hydrogens is 355 g/mol. The van der Waals surface area contributed by atoms with Crippen LogP contribution < -0.4 is 5.32 Å². The van der Waals surface area contributed by atoms with Gasteiger partial charge in [-0.05, 0) is 36.6 Å². The lowest BCUT2D eigenvalue weighted by Gasteiger charge is -2.25. The molecule has 1 aliphatic heterocycles. The fourth-order valence-electron chi connectivity index (χ4n) is 3.14. The van der Waals surface area contributed by atoms with Gasteiger partial charge >= 0.3 is 0 Å². The Hall–Kier alpha value is -2.40. The highest BCUT2D eigenvalue weighted by molar-refractivity contribution is 6.31. The van der Waals surface area contributed by atoms with E-state index in [0.29, 0.717) is 23.4 Å². The molecule has 136 valence electrons. The highest BCUT2D eigenvalue weighted by atomic mass is 35.5. The fourth-order valence-corrected chi connectivity index (χ4v) is 3.37. The Morgan fingerprint density at radius 3 is 2.81 bits per heavy atom. The third-order valence-corrected chi connectivity index (χ3v) is 5.06. The molecule has 4 nitrogen and oxygen atoms in total. The van der Waals surface area contributed by atoms with E-state index < -0.39 is 5.82 Å². The van der Waals surface area contributed by atoms with E-state index in [9.17, 15) is 14.0 Å². The second-order valence-corrected chi connectivity index (χ2v) is 6.94. The largest absolute Gasteiger partial charge is 0.341 e. The van der Waals surface area contributed by atoms with Crippen molar-refractivity contribution in [3.05, 3.63) is 64.4 Å². The highest BCUT2D eigenvalue weighted by Gasteiger charge is 2.26. The summed E-state index contributed by atoms with van der Waals surface area (Å²) in [6.07, 6.45) is 1.30. The molecule has 2 amide bonds. The molecule has 0 bridgehead atoms. The molecule has 1 N–H and O–H groups in total. The predicted octanol–water partition coefficient (Wildman–Crippen LogP) is 4.03. The van der Waals surface area contributed by atoms with Gasteiger partial charge in [0.1, 0.15) is 5.82 Å². The SMILES string of the molecule is CN(Cc1c(F)cccc1Cl)C(=O)CC[C@H]1Cc2ccccc2NC1=O. The molecule has 1 heterocycles. The van der Waals surface area contributed by atoms with Crippen molar-refractivity contribution in [1.29, 1.82) is 0 Å². The quantitative estimate of drug-likeness (QED) is 0.859. The summed E-state index contributed by atoms with van der Waals surface area (Å²) in [4.78, 5) is 26.1. The number of para-hydroxylation sites is 1. The summed E-state index contributed by atoms with van der Waals surface area (Å²) in [6.45, 7) is 0.101. The van der Waals surface area contributed by atoms with Crippen molar-refractivity contribution in [3.63, 3.8) is 0 Å². The summed E-state index contributed by atoms with van der Waals surface area (Å²) in [5, 5.41) is 3.19. The summed E-state index contributed by atoms with van der Waals surface area (Å²) in [5.41, 5.74) is 2.22. The zero-order valence-electron chi connectivity index (χ0n) is 14.5. The lowest BCUT2D eigenvalue weighted by molar-refractivity contribution is -0.131. The first-order chi connectivity index (χ1) is 12.5. The van der Waals surface area contributed by atoms with Crippen LogP contribution in [0, 0.1) is 11.7 Å². The van der Waals surface area contributed by atoms with Crippen LogP contribution in [0.25, 0.3) is 0 Å². The Morgan fingerprint density at radius 1 is 1.27 bits per heavy atom. The molecule has 0 radical (unpaired) electrons. The first-order valence-corrected chi connectivity index (χ1v) is 8.89. The van der Waals surface area contributed by atoms with Gasteiger partial charge in [-0.1, -0.05) is 35.9 Å². The van der Waals surface area contributed by atoms with Gasteiger partial charge in [0.25, 0.3) is 0 Å². The minimum absolute atomic E-state index is 0.0590. The van der Waals surface area contributed by atoms with Crippen molar-refractivity contribution in [3.8, 4) is 0 Å². The lowest BCUT2D eigenvalue weighted by Crippen LogP contribution is -2.32. The molecule has 0 spiro atoms. The Kier molecular flexibility index (Phi) is 5.57. The monoisotopic (exact) mass is 374 g/mol. The van der Waals surface area contributed by atoms with Crippen LogP contribution in [0.15, 0.2) is 42.5 Å². The van der Waals surface area contributed by atoms with E-state index in [1.807, 2.05) is 24.3 Å². The first kappa shape index (κ1) is 18.4. The zero-order chi connectivity index (χ0) is 18.7. The normalized spacial score (nSPS) is 16.0. The van der Waals surface area contributed by atoms with E-state index in [1.54, 1.807) is 13.1 Å². The second-order valence-electron chi connectivity index (χ2n) is 6.54. The van der Waals surface area contributed by atoms with Crippen LogP contribution in [0.3, 0.4) is 0 Å². The van der Waals surface area contributed by atoms with E-state index in [1.165, 1.54) is 17.0 Å². The number of nitrogens with zero attached hydrogens (tertiary/aromatic N) is 1. The summed E-state index contributed by atoms with van der Waals surface area (Å²) in [6, 6.07) is 12.1. The van der Waals surface area contributed by atoms with Crippen LogP contribution in [0.1, 0.15) is 24.0 Å².